The Hall–Kier alpha value is -2.68. The molecular formula is C24H28ClF3N2O4. The molecule has 10 heteroatoms. The summed E-state index contributed by atoms with van der Waals surface area (Å²) in [5.41, 5.74) is 0.0239. The van der Waals surface area contributed by atoms with Gasteiger partial charge in [-0.15, -0.1) is 0 Å². The lowest BCUT2D eigenvalue weighted by atomic mass is 9.94. The normalized spacial score (nSPS) is 16.2. The molecule has 1 aromatic heterocycles. The molecule has 186 valence electrons. The number of amides is 1. The number of nitrogens with one attached hydrogen (secondary N) is 1. The van der Waals surface area contributed by atoms with E-state index in [9.17, 15) is 18.0 Å². The molecule has 3 rings (SSSR count). The van der Waals surface area contributed by atoms with Crippen molar-refractivity contribution in [2.24, 2.45) is 5.92 Å². The highest BCUT2D eigenvalue weighted by atomic mass is 35.5. The molecule has 1 N–H and O–H groups in total. The van der Waals surface area contributed by atoms with Crippen LogP contribution in [0.1, 0.15) is 52.7 Å². The van der Waals surface area contributed by atoms with Crippen molar-refractivity contribution < 1.29 is 32.2 Å². The van der Waals surface area contributed by atoms with Crippen molar-refractivity contribution in [3.63, 3.8) is 0 Å². The zero-order valence-corrected chi connectivity index (χ0v) is 20.4. The van der Waals surface area contributed by atoms with E-state index in [1.165, 1.54) is 24.4 Å². The predicted octanol–water partition coefficient (Wildman–Crippen LogP) is 6.72. The number of hydrogen-bond acceptors (Lipinski definition) is 5. The fourth-order valence-corrected chi connectivity index (χ4v) is 3.87. The number of pyridine rings is 1. The molecule has 0 aliphatic carbocycles. The Morgan fingerprint density at radius 2 is 1.94 bits per heavy atom. The van der Waals surface area contributed by atoms with E-state index in [0.717, 1.165) is 6.20 Å². The molecule has 1 aromatic carbocycles. The lowest BCUT2D eigenvalue weighted by Crippen LogP contribution is -2.42. The Morgan fingerprint density at radius 3 is 2.56 bits per heavy atom. The third-order valence-electron chi connectivity index (χ3n) is 4.92. The number of alkyl halides is 3. The van der Waals surface area contributed by atoms with Crippen LogP contribution in [0, 0.1) is 5.92 Å². The molecule has 0 radical (unpaired) electrons. The number of rotatable bonds is 6. The Morgan fingerprint density at radius 1 is 1.24 bits per heavy atom. The minimum absolute atomic E-state index is 0.000867. The number of nitrogens with zero attached hydrogens (tertiary/aromatic N) is 1. The van der Waals surface area contributed by atoms with Gasteiger partial charge in [0.2, 0.25) is 6.10 Å². The van der Waals surface area contributed by atoms with Gasteiger partial charge in [-0.25, -0.2) is 4.79 Å². The number of carbonyl (C=O) groups is 1. The summed E-state index contributed by atoms with van der Waals surface area (Å²) in [7, 11) is 0. The van der Waals surface area contributed by atoms with Gasteiger partial charge >= 0.3 is 12.3 Å². The van der Waals surface area contributed by atoms with Crippen LogP contribution in [0.3, 0.4) is 0 Å². The average Bonchev–Trinajstić information content (AvgIpc) is 2.69. The van der Waals surface area contributed by atoms with E-state index in [1.54, 1.807) is 20.8 Å². The summed E-state index contributed by atoms with van der Waals surface area (Å²) in [6.45, 7) is 9.31. The third-order valence-corrected chi connectivity index (χ3v) is 5.21. The fraction of sp³-hybridized carbons (Fsp3) is 0.500. The molecule has 1 amide bonds. The van der Waals surface area contributed by atoms with Gasteiger partial charge in [-0.1, -0.05) is 25.4 Å². The van der Waals surface area contributed by atoms with Crippen molar-refractivity contribution in [2.45, 2.75) is 65.0 Å². The first-order valence-electron chi connectivity index (χ1n) is 10.9. The molecule has 0 spiro atoms. The molecule has 0 fully saturated rings. The summed E-state index contributed by atoms with van der Waals surface area (Å²) in [6, 6.07) is 3.95. The van der Waals surface area contributed by atoms with Gasteiger partial charge in [0.05, 0.1) is 11.1 Å². The maximum atomic E-state index is 13.6. The van der Waals surface area contributed by atoms with Crippen LogP contribution in [-0.4, -0.2) is 35.5 Å². The Balaban J connectivity index is 1.83. The van der Waals surface area contributed by atoms with Crippen molar-refractivity contribution in [1.29, 1.82) is 0 Å². The fourth-order valence-electron chi connectivity index (χ4n) is 3.65. The number of ether oxygens (including phenoxy) is 3. The summed E-state index contributed by atoms with van der Waals surface area (Å²) in [5.74, 6) is 0.392. The van der Waals surface area contributed by atoms with Crippen molar-refractivity contribution in [2.75, 3.05) is 6.61 Å². The maximum absolute atomic E-state index is 13.6. The molecule has 1 aliphatic rings. The molecule has 0 saturated carbocycles. The lowest BCUT2D eigenvalue weighted by molar-refractivity contribution is -0.198. The van der Waals surface area contributed by atoms with Crippen LogP contribution in [-0.2, 0) is 4.74 Å². The Labute approximate surface area is 201 Å². The van der Waals surface area contributed by atoms with E-state index in [0.29, 0.717) is 17.5 Å². The van der Waals surface area contributed by atoms with Crippen LogP contribution in [0.5, 0.6) is 11.5 Å². The van der Waals surface area contributed by atoms with Crippen molar-refractivity contribution >= 4 is 17.7 Å². The lowest BCUT2D eigenvalue weighted by Gasteiger charge is -2.30. The van der Waals surface area contributed by atoms with Crippen molar-refractivity contribution in [3.8, 4) is 22.6 Å². The Bertz CT molecular complexity index is 1040. The molecule has 2 heterocycles. The topological polar surface area (TPSA) is 69.7 Å². The highest BCUT2D eigenvalue weighted by Gasteiger charge is 2.47. The number of carbonyl (C=O) groups excluding carboxylic acids is 1. The molecular weight excluding hydrogens is 473 g/mol. The van der Waals surface area contributed by atoms with Crippen molar-refractivity contribution in [1.82, 2.24) is 10.3 Å². The van der Waals surface area contributed by atoms with Gasteiger partial charge in [-0.05, 0) is 50.8 Å². The van der Waals surface area contributed by atoms with E-state index in [2.05, 4.69) is 10.3 Å². The molecule has 34 heavy (non-hydrogen) atoms. The largest absolute Gasteiger partial charge is 0.490 e. The first kappa shape index (κ1) is 25.9. The smallest absolute Gasteiger partial charge is 0.429 e. The van der Waals surface area contributed by atoms with Gasteiger partial charge in [0, 0.05) is 29.6 Å². The quantitative estimate of drug-likeness (QED) is 0.477. The molecule has 6 nitrogen and oxygen atoms in total. The van der Waals surface area contributed by atoms with E-state index < -0.39 is 30.0 Å². The standard InChI is InChI=1S/C24H28ClF3N2O4/c1-13(2)8-14(30-22(31)34-23(3,4)5)12-32-20-10-19-16(9-18(20)25)15-6-7-29-11-17(15)21(33-19)24(26,27)28/h6-7,9-11,13-14,21H,8,12H2,1-5H3,(H,30,31)/t14-,21?/m0/s1. The number of benzene rings is 1. The zero-order valence-electron chi connectivity index (χ0n) is 19.6. The minimum Gasteiger partial charge on any atom is -0.490 e. The molecule has 1 unspecified atom stereocenters. The molecule has 0 bridgehead atoms. The molecule has 2 aromatic rings. The summed E-state index contributed by atoms with van der Waals surface area (Å²) >= 11 is 6.41. The number of alkyl carbamates (subject to hydrolysis) is 1. The number of hydrogen-bond donors (Lipinski definition) is 1. The highest BCUT2D eigenvalue weighted by molar-refractivity contribution is 6.32. The van der Waals surface area contributed by atoms with Gasteiger partial charge in [-0.3, -0.25) is 4.98 Å². The SMILES string of the molecule is CC(C)C[C@@H](COc1cc2c(cc1Cl)-c1ccncc1C(C(F)(F)F)O2)NC(=O)OC(C)(C)C. The molecule has 1 aliphatic heterocycles. The van der Waals surface area contributed by atoms with E-state index in [1.807, 2.05) is 13.8 Å². The first-order valence-corrected chi connectivity index (χ1v) is 11.3. The van der Waals surface area contributed by atoms with E-state index in [-0.39, 0.29) is 34.6 Å². The third kappa shape index (κ3) is 6.46. The van der Waals surface area contributed by atoms with Gasteiger partial charge in [-0.2, -0.15) is 13.2 Å². The zero-order chi connectivity index (χ0) is 25.3. The van der Waals surface area contributed by atoms with Gasteiger partial charge in [0.25, 0.3) is 0 Å². The van der Waals surface area contributed by atoms with Crippen LogP contribution in [0.4, 0.5) is 18.0 Å². The first-order chi connectivity index (χ1) is 15.7. The van der Waals surface area contributed by atoms with Crippen LogP contribution in [0.25, 0.3) is 11.1 Å². The number of aromatic nitrogens is 1. The van der Waals surface area contributed by atoms with Crippen molar-refractivity contribution in [3.05, 3.63) is 41.2 Å². The van der Waals surface area contributed by atoms with Gasteiger partial charge < -0.3 is 19.5 Å². The van der Waals surface area contributed by atoms with Crippen LogP contribution in [0.2, 0.25) is 5.02 Å². The molecule has 2 atom stereocenters. The van der Waals surface area contributed by atoms with Crippen LogP contribution >= 0.6 is 11.6 Å². The molecule has 0 saturated heterocycles. The second kappa shape index (κ2) is 9.90. The number of halogens is 4. The van der Waals surface area contributed by atoms with E-state index in [4.69, 9.17) is 25.8 Å². The Kier molecular flexibility index (Phi) is 7.55. The monoisotopic (exact) mass is 500 g/mol. The minimum atomic E-state index is -4.63. The highest BCUT2D eigenvalue weighted by Crippen LogP contribution is 2.50. The summed E-state index contributed by atoms with van der Waals surface area (Å²) in [4.78, 5) is 16.0. The van der Waals surface area contributed by atoms with Gasteiger partial charge in [0.15, 0.2) is 0 Å². The van der Waals surface area contributed by atoms with Gasteiger partial charge in [0.1, 0.15) is 23.7 Å². The second-order valence-electron chi connectivity index (χ2n) is 9.56. The van der Waals surface area contributed by atoms with Crippen LogP contribution in [0.15, 0.2) is 30.6 Å². The summed E-state index contributed by atoms with van der Waals surface area (Å²) in [6.07, 6.45) is -4.21. The summed E-state index contributed by atoms with van der Waals surface area (Å²) < 4.78 is 57.4. The second-order valence-corrected chi connectivity index (χ2v) is 9.97. The average molecular weight is 501 g/mol. The number of fused-ring (bicyclic) bond motifs is 3. The van der Waals surface area contributed by atoms with E-state index >= 15 is 0 Å². The van der Waals surface area contributed by atoms with Crippen LogP contribution < -0.4 is 14.8 Å². The predicted molar refractivity (Wildman–Crippen MR) is 122 cm³/mol. The maximum Gasteiger partial charge on any atom is 0.429 e. The summed E-state index contributed by atoms with van der Waals surface area (Å²) in [5, 5.41) is 2.99.